The molecule has 4 N–H and O–H groups in total. The summed E-state index contributed by atoms with van der Waals surface area (Å²) in [6.45, 7) is 4.71. The Morgan fingerprint density at radius 3 is 2.70 bits per heavy atom. The number of ether oxygens (including phenoxy) is 1. The lowest BCUT2D eigenvalue weighted by Crippen LogP contribution is -2.49. The highest BCUT2D eigenvalue weighted by Crippen LogP contribution is 2.27. The van der Waals surface area contributed by atoms with Crippen LogP contribution in [0.3, 0.4) is 0 Å². The maximum atomic E-state index is 12.1. The molecule has 0 aromatic rings. The monoisotopic (exact) mass is 285 g/mol. The maximum Gasteiger partial charge on any atom is 0.242 e. The molecule has 6 heteroatoms. The van der Waals surface area contributed by atoms with E-state index in [4.69, 9.17) is 10.5 Å². The number of nitrogens with one attached hydrogen (secondary N) is 2. The van der Waals surface area contributed by atoms with Crippen LogP contribution in [0, 0.1) is 11.8 Å². The van der Waals surface area contributed by atoms with E-state index >= 15 is 0 Å². The van der Waals surface area contributed by atoms with Gasteiger partial charge in [0, 0.05) is 25.6 Å². The van der Waals surface area contributed by atoms with Gasteiger partial charge in [-0.25, -0.2) is 0 Å². The Kier molecular flexibility index (Phi) is 6.95. The Labute approximate surface area is 120 Å². The van der Waals surface area contributed by atoms with Crippen LogP contribution in [-0.2, 0) is 14.3 Å². The molecule has 0 saturated heterocycles. The minimum Gasteiger partial charge on any atom is -0.383 e. The van der Waals surface area contributed by atoms with Gasteiger partial charge in [-0.1, -0.05) is 6.92 Å². The molecule has 1 aliphatic rings. The van der Waals surface area contributed by atoms with Crippen molar-refractivity contribution in [3.05, 3.63) is 0 Å². The molecule has 6 nitrogen and oxygen atoms in total. The first-order valence-corrected chi connectivity index (χ1v) is 7.28. The van der Waals surface area contributed by atoms with Crippen LogP contribution in [0.5, 0.6) is 0 Å². The summed E-state index contributed by atoms with van der Waals surface area (Å²) in [5.74, 6) is 0.134. The van der Waals surface area contributed by atoms with Crippen LogP contribution < -0.4 is 16.4 Å². The molecule has 4 atom stereocenters. The predicted octanol–water partition coefficient (Wildman–Crippen LogP) is 0.0172. The third-order valence-electron chi connectivity index (χ3n) is 3.99. The van der Waals surface area contributed by atoms with Crippen molar-refractivity contribution in [2.24, 2.45) is 17.6 Å². The van der Waals surface area contributed by atoms with Crippen LogP contribution in [0.25, 0.3) is 0 Å². The molecule has 0 heterocycles. The lowest BCUT2D eigenvalue weighted by atomic mass is 9.79. The summed E-state index contributed by atoms with van der Waals surface area (Å²) in [5, 5.41) is 5.47. The SMILES string of the molecule is COCCNC(=O)C(C)NC(=O)C1CCC(C)C(N)C1. The van der Waals surface area contributed by atoms with E-state index in [1.54, 1.807) is 14.0 Å². The predicted molar refractivity (Wildman–Crippen MR) is 77.0 cm³/mol. The fourth-order valence-electron chi connectivity index (χ4n) is 2.42. The summed E-state index contributed by atoms with van der Waals surface area (Å²) in [4.78, 5) is 23.9. The molecule has 116 valence electrons. The zero-order chi connectivity index (χ0) is 15.1. The smallest absolute Gasteiger partial charge is 0.242 e. The Morgan fingerprint density at radius 2 is 2.10 bits per heavy atom. The van der Waals surface area contributed by atoms with E-state index < -0.39 is 6.04 Å². The van der Waals surface area contributed by atoms with E-state index in [1.165, 1.54) is 0 Å². The molecular weight excluding hydrogens is 258 g/mol. The van der Waals surface area contributed by atoms with E-state index in [0.717, 1.165) is 12.8 Å². The number of carbonyl (C=O) groups is 2. The van der Waals surface area contributed by atoms with Gasteiger partial charge in [0.2, 0.25) is 11.8 Å². The van der Waals surface area contributed by atoms with Crippen LogP contribution in [0.15, 0.2) is 0 Å². The molecule has 0 aromatic heterocycles. The van der Waals surface area contributed by atoms with E-state index in [-0.39, 0.29) is 23.8 Å². The van der Waals surface area contributed by atoms with Gasteiger partial charge in [0.1, 0.15) is 6.04 Å². The van der Waals surface area contributed by atoms with Gasteiger partial charge in [-0.2, -0.15) is 0 Å². The molecule has 1 aliphatic carbocycles. The molecule has 0 radical (unpaired) electrons. The highest BCUT2D eigenvalue weighted by molar-refractivity contribution is 5.88. The number of methoxy groups -OCH3 is 1. The van der Waals surface area contributed by atoms with Crippen molar-refractivity contribution < 1.29 is 14.3 Å². The van der Waals surface area contributed by atoms with E-state index in [2.05, 4.69) is 17.6 Å². The third kappa shape index (κ3) is 5.09. The lowest BCUT2D eigenvalue weighted by molar-refractivity contribution is -0.131. The summed E-state index contributed by atoms with van der Waals surface area (Å²) in [5.41, 5.74) is 6.00. The highest BCUT2D eigenvalue weighted by Gasteiger charge is 2.30. The first kappa shape index (κ1) is 16.9. The van der Waals surface area contributed by atoms with Crippen molar-refractivity contribution >= 4 is 11.8 Å². The Hall–Kier alpha value is -1.14. The molecular formula is C14H27N3O3. The molecule has 1 fully saturated rings. The molecule has 0 spiro atoms. The zero-order valence-electron chi connectivity index (χ0n) is 12.6. The summed E-state index contributed by atoms with van der Waals surface area (Å²) in [6.07, 6.45) is 2.51. The second kappa shape index (κ2) is 8.21. The Morgan fingerprint density at radius 1 is 1.40 bits per heavy atom. The van der Waals surface area contributed by atoms with Crippen LogP contribution in [0.1, 0.15) is 33.1 Å². The first-order chi connectivity index (χ1) is 9.45. The van der Waals surface area contributed by atoms with Crippen molar-refractivity contribution in [1.29, 1.82) is 0 Å². The Balaban J connectivity index is 2.35. The van der Waals surface area contributed by atoms with Crippen molar-refractivity contribution in [2.45, 2.75) is 45.2 Å². The summed E-state index contributed by atoms with van der Waals surface area (Å²) >= 11 is 0. The van der Waals surface area contributed by atoms with Crippen LogP contribution in [0.2, 0.25) is 0 Å². The molecule has 4 unspecified atom stereocenters. The van der Waals surface area contributed by atoms with Crippen molar-refractivity contribution in [3.63, 3.8) is 0 Å². The van der Waals surface area contributed by atoms with Crippen molar-refractivity contribution in [3.8, 4) is 0 Å². The largest absolute Gasteiger partial charge is 0.383 e. The Bertz CT molecular complexity index is 336. The van der Waals surface area contributed by atoms with Crippen LogP contribution >= 0.6 is 0 Å². The quantitative estimate of drug-likeness (QED) is 0.600. The fourth-order valence-corrected chi connectivity index (χ4v) is 2.42. The van der Waals surface area contributed by atoms with E-state index in [9.17, 15) is 9.59 Å². The lowest BCUT2D eigenvalue weighted by Gasteiger charge is -2.31. The number of hydrogen-bond acceptors (Lipinski definition) is 4. The average Bonchev–Trinajstić information content (AvgIpc) is 2.41. The zero-order valence-corrected chi connectivity index (χ0v) is 12.6. The summed E-state index contributed by atoms with van der Waals surface area (Å²) < 4.78 is 4.85. The average molecular weight is 285 g/mol. The van der Waals surface area contributed by atoms with Crippen LogP contribution in [0.4, 0.5) is 0 Å². The normalized spacial score (nSPS) is 27.7. The van der Waals surface area contributed by atoms with Gasteiger partial charge in [-0.05, 0) is 32.1 Å². The van der Waals surface area contributed by atoms with Gasteiger partial charge in [0.15, 0.2) is 0 Å². The number of hydrogen-bond donors (Lipinski definition) is 3. The summed E-state index contributed by atoms with van der Waals surface area (Å²) in [7, 11) is 1.57. The first-order valence-electron chi connectivity index (χ1n) is 7.28. The molecule has 1 saturated carbocycles. The number of amides is 2. The topological polar surface area (TPSA) is 93.5 Å². The van der Waals surface area contributed by atoms with Crippen molar-refractivity contribution in [1.82, 2.24) is 10.6 Å². The number of rotatable bonds is 6. The number of carbonyl (C=O) groups excluding carboxylic acids is 2. The van der Waals surface area contributed by atoms with Gasteiger partial charge in [0.05, 0.1) is 6.61 Å². The fraction of sp³-hybridized carbons (Fsp3) is 0.857. The standard InChI is InChI=1S/C14H27N3O3/c1-9-4-5-11(8-12(9)15)14(19)17-10(2)13(18)16-6-7-20-3/h9-12H,4-8,15H2,1-3H3,(H,16,18)(H,17,19). The van der Waals surface area contributed by atoms with Gasteiger partial charge < -0.3 is 21.1 Å². The van der Waals surface area contributed by atoms with Crippen LogP contribution in [-0.4, -0.2) is 44.2 Å². The van der Waals surface area contributed by atoms with Gasteiger partial charge in [-0.3, -0.25) is 9.59 Å². The van der Waals surface area contributed by atoms with Gasteiger partial charge in [0.25, 0.3) is 0 Å². The van der Waals surface area contributed by atoms with E-state index in [0.29, 0.717) is 25.5 Å². The minimum absolute atomic E-state index is 0.0678. The minimum atomic E-state index is -0.532. The molecule has 2 amide bonds. The third-order valence-corrected chi connectivity index (χ3v) is 3.99. The maximum absolute atomic E-state index is 12.1. The van der Waals surface area contributed by atoms with Crippen molar-refractivity contribution in [2.75, 3.05) is 20.3 Å². The second-order valence-electron chi connectivity index (χ2n) is 5.67. The van der Waals surface area contributed by atoms with Gasteiger partial charge in [-0.15, -0.1) is 0 Å². The second-order valence-corrected chi connectivity index (χ2v) is 5.67. The molecule has 0 aliphatic heterocycles. The summed E-state index contributed by atoms with van der Waals surface area (Å²) in [6, 6.07) is -0.458. The van der Waals surface area contributed by atoms with E-state index in [1.807, 2.05) is 0 Å². The molecule has 1 rings (SSSR count). The highest BCUT2D eigenvalue weighted by atomic mass is 16.5. The molecule has 0 aromatic carbocycles. The molecule has 20 heavy (non-hydrogen) atoms. The van der Waals surface area contributed by atoms with Gasteiger partial charge >= 0.3 is 0 Å². The number of nitrogens with two attached hydrogens (primary N) is 1. The molecule has 0 bridgehead atoms.